The highest BCUT2D eigenvalue weighted by molar-refractivity contribution is 5.99. The van der Waals surface area contributed by atoms with Crippen molar-refractivity contribution in [3.8, 4) is 0 Å². The van der Waals surface area contributed by atoms with Crippen molar-refractivity contribution in [2.45, 2.75) is 6.92 Å². The molecule has 1 heterocycles. The van der Waals surface area contributed by atoms with Gasteiger partial charge in [-0.2, -0.15) is 0 Å². The molecule has 2 rings (SSSR count). The third kappa shape index (κ3) is 2.08. The molecule has 5 heteroatoms. The van der Waals surface area contributed by atoms with Crippen molar-refractivity contribution in [2.75, 3.05) is 18.0 Å². The van der Waals surface area contributed by atoms with E-state index < -0.39 is 11.9 Å². The number of hydrogen-bond donors (Lipinski definition) is 2. The number of benzene rings is 1. The van der Waals surface area contributed by atoms with E-state index in [1.165, 1.54) is 0 Å². The number of nitrogens with zero attached hydrogens (tertiary/aromatic N) is 1. The summed E-state index contributed by atoms with van der Waals surface area (Å²) in [6.45, 7) is 2.78. The lowest BCUT2D eigenvalue weighted by atomic mass is 9.97. The van der Waals surface area contributed by atoms with E-state index in [0.717, 1.165) is 11.3 Å². The zero-order chi connectivity index (χ0) is 12.6. The van der Waals surface area contributed by atoms with E-state index in [1.807, 2.05) is 24.0 Å². The Labute approximate surface area is 98.8 Å². The second-order valence-corrected chi connectivity index (χ2v) is 4.32. The van der Waals surface area contributed by atoms with Gasteiger partial charge < -0.3 is 15.7 Å². The Balaban J connectivity index is 2.24. The van der Waals surface area contributed by atoms with Gasteiger partial charge in [-0.25, -0.2) is 0 Å². The number of nitrogens with two attached hydrogens (primary N) is 1. The van der Waals surface area contributed by atoms with Crippen molar-refractivity contribution in [1.29, 1.82) is 0 Å². The molecule has 1 amide bonds. The molecule has 90 valence electrons. The molecule has 17 heavy (non-hydrogen) atoms. The van der Waals surface area contributed by atoms with Crippen LogP contribution in [0.15, 0.2) is 18.2 Å². The third-order valence-corrected chi connectivity index (χ3v) is 2.99. The number of anilines is 1. The molecule has 0 aromatic heterocycles. The van der Waals surface area contributed by atoms with Gasteiger partial charge in [-0.05, 0) is 24.6 Å². The summed E-state index contributed by atoms with van der Waals surface area (Å²) in [5.74, 6) is -1.63. The minimum Gasteiger partial charge on any atom is -0.481 e. The predicted octanol–water partition coefficient (Wildman–Crippen LogP) is 0.615. The Hall–Kier alpha value is -2.04. The summed E-state index contributed by atoms with van der Waals surface area (Å²) in [6, 6.07) is 5.36. The van der Waals surface area contributed by atoms with Crippen molar-refractivity contribution < 1.29 is 14.7 Å². The van der Waals surface area contributed by atoms with Gasteiger partial charge in [-0.15, -0.1) is 0 Å². The van der Waals surface area contributed by atoms with Crippen molar-refractivity contribution in [3.05, 3.63) is 29.3 Å². The fourth-order valence-corrected chi connectivity index (χ4v) is 1.94. The molecule has 0 spiro atoms. The minimum absolute atomic E-state index is 0.351. The number of amides is 1. The second kappa shape index (κ2) is 4.08. The van der Waals surface area contributed by atoms with Crippen LogP contribution in [0, 0.1) is 12.8 Å². The normalized spacial score (nSPS) is 15.5. The number of primary amides is 1. The Morgan fingerprint density at radius 1 is 1.41 bits per heavy atom. The van der Waals surface area contributed by atoms with Crippen molar-refractivity contribution in [2.24, 2.45) is 11.7 Å². The summed E-state index contributed by atoms with van der Waals surface area (Å²) in [7, 11) is 0. The Morgan fingerprint density at radius 3 is 2.59 bits per heavy atom. The van der Waals surface area contributed by atoms with Gasteiger partial charge in [0.15, 0.2) is 0 Å². The molecular formula is C12H14N2O3. The van der Waals surface area contributed by atoms with E-state index >= 15 is 0 Å². The van der Waals surface area contributed by atoms with Gasteiger partial charge in [-0.1, -0.05) is 6.07 Å². The number of aliphatic carboxylic acids is 1. The first-order valence-electron chi connectivity index (χ1n) is 5.37. The van der Waals surface area contributed by atoms with Crippen LogP contribution in [0.2, 0.25) is 0 Å². The summed E-state index contributed by atoms with van der Waals surface area (Å²) in [5, 5.41) is 8.81. The van der Waals surface area contributed by atoms with Gasteiger partial charge in [0.05, 0.1) is 11.5 Å². The molecule has 3 N–H and O–H groups in total. The summed E-state index contributed by atoms with van der Waals surface area (Å²) in [4.78, 5) is 23.9. The van der Waals surface area contributed by atoms with Crippen molar-refractivity contribution in [3.63, 3.8) is 0 Å². The van der Waals surface area contributed by atoms with E-state index in [0.29, 0.717) is 18.7 Å². The average Bonchev–Trinajstić information content (AvgIpc) is 2.14. The Kier molecular flexibility index (Phi) is 2.75. The molecule has 0 unspecified atom stereocenters. The van der Waals surface area contributed by atoms with Crippen LogP contribution in [-0.4, -0.2) is 30.1 Å². The molecule has 5 nitrogen and oxygen atoms in total. The van der Waals surface area contributed by atoms with Gasteiger partial charge in [0.1, 0.15) is 0 Å². The molecular weight excluding hydrogens is 220 g/mol. The summed E-state index contributed by atoms with van der Waals surface area (Å²) < 4.78 is 0. The first-order valence-corrected chi connectivity index (χ1v) is 5.37. The topological polar surface area (TPSA) is 83.6 Å². The molecule has 1 aliphatic rings. The van der Waals surface area contributed by atoms with Crippen molar-refractivity contribution in [1.82, 2.24) is 0 Å². The lowest BCUT2D eigenvalue weighted by molar-refractivity contribution is -0.142. The Bertz CT molecular complexity index is 479. The van der Waals surface area contributed by atoms with Crippen LogP contribution in [0.25, 0.3) is 0 Å². The fraction of sp³-hybridized carbons (Fsp3) is 0.333. The molecule has 0 atom stereocenters. The van der Waals surface area contributed by atoms with Gasteiger partial charge >= 0.3 is 5.97 Å². The smallest absolute Gasteiger partial charge is 0.310 e. The van der Waals surface area contributed by atoms with E-state index in [2.05, 4.69) is 0 Å². The summed E-state index contributed by atoms with van der Waals surface area (Å²) >= 11 is 0. The maximum absolute atomic E-state index is 11.3. The van der Waals surface area contributed by atoms with E-state index in [9.17, 15) is 9.59 Å². The highest BCUT2D eigenvalue weighted by atomic mass is 16.4. The second-order valence-electron chi connectivity index (χ2n) is 4.32. The molecule has 1 aromatic carbocycles. The quantitative estimate of drug-likeness (QED) is 0.802. The summed E-state index contributed by atoms with van der Waals surface area (Å²) in [6.07, 6.45) is 0. The SMILES string of the molecule is Cc1ccc(C(N)=O)c(N2CC(C(=O)O)C2)c1. The van der Waals surface area contributed by atoms with E-state index in [1.54, 1.807) is 6.07 Å². The standard InChI is InChI=1S/C12H14N2O3/c1-7-2-3-9(11(13)15)10(4-7)14-5-8(6-14)12(16)17/h2-4,8H,5-6H2,1H3,(H2,13,15)(H,16,17). The van der Waals surface area contributed by atoms with Gasteiger partial charge in [-0.3, -0.25) is 9.59 Å². The molecule has 0 aliphatic carbocycles. The van der Waals surface area contributed by atoms with Crippen LogP contribution in [0.1, 0.15) is 15.9 Å². The minimum atomic E-state index is -0.797. The zero-order valence-corrected chi connectivity index (χ0v) is 9.51. The molecule has 1 saturated heterocycles. The number of carbonyl (C=O) groups is 2. The van der Waals surface area contributed by atoms with Crippen LogP contribution in [0.3, 0.4) is 0 Å². The molecule has 1 aromatic rings. The fourth-order valence-electron chi connectivity index (χ4n) is 1.94. The third-order valence-electron chi connectivity index (χ3n) is 2.99. The molecule has 1 aliphatic heterocycles. The summed E-state index contributed by atoms with van der Waals surface area (Å²) in [5.41, 5.74) is 7.49. The largest absolute Gasteiger partial charge is 0.481 e. The van der Waals surface area contributed by atoms with E-state index in [-0.39, 0.29) is 5.92 Å². The van der Waals surface area contributed by atoms with Gasteiger partial charge in [0.2, 0.25) is 0 Å². The first-order chi connectivity index (χ1) is 7.99. The van der Waals surface area contributed by atoms with Crippen LogP contribution >= 0.6 is 0 Å². The van der Waals surface area contributed by atoms with Crippen LogP contribution < -0.4 is 10.6 Å². The Morgan fingerprint density at radius 2 is 2.06 bits per heavy atom. The first kappa shape index (κ1) is 11.4. The van der Waals surface area contributed by atoms with E-state index in [4.69, 9.17) is 10.8 Å². The monoisotopic (exact) mass is 234 g/mol. The zero-order valence-electron chi connectivity index (χ0n) is 9.51. The molecule has 0 saturated carbocycles. The number of carboxylic acid groups (broad SMARTS) is 1. The molecule has 0 bridgehead atoms. The molecule has 1 fully saturated rings. The number of hydrogen-bond acceptors (Lipinski definition) is 3. The van der Waals surface area contributed by atoms with Crippen LogP contribution in [-0.2, 0) is 4.79 Å². The number of carbonyl (C=O) groups excluding carboxylic acids is 1. The van der Waals surface area contributed by atoms with Gasteiger partial charge in [0.25, 0.3) is 5.91 Å². The van der Waals surface area contributed by atoms with Crippen molar-refractivity contribution >= 4 is 17.6 Å². The number of aryl methyl sites for hydroxylation is 1. The maximum Gasteiger partial charge on any atom is 0.310 e. The molecule has 0 radical (unpaired) electrons. The number of rotatable bonds is 3. The highest BCUT2D eigenvalue weighted by Crippen LogP contribution is 2.29. The average molecular weight is 234 g/mol. The lowest BCUT2D eigenvalue weighted by Gasteiger charge is -2.39. The predicted molar refractivity (Wildman–Crippen MR) is 63.0 cm³/mol. The van der Waals surface area contributed by atoms with Crippen LogP contribution in [0.5, 0.6) is 0 Å². The lowest BCUT2D eigenvalue weighted by Crippen LogP contribution is -2.51. The van der Waals surface area contributed by atoms with Crippen LogP contribution in [0.4, 0.5) is 5.69 Å². The number of carboxylic acids is 1. The highest BCUT2D eigenvalue weighted by Gasteiger charge is 2.34. The van der Waals surface area contributed by atoms with Gasteiger partial charge in [0, 0.05) is 18.8 Å². The maximum atomic E-state index is 11.3.